The van der Waals surface area contributed by atoms with Crippen LogP contribution < -0.4 is 15.2 Å². The van der Waals surface area contributed by atoms with E-state index in [1.54, 1.807) is 19.1 Å². The largest absolute Gasteiger partial charge is 0.497 e. The van der Waals surface area contributed by atoms with E-state index in [1.807, 2.05) is 24.3 Å². The Morgan fingerprint density at radius 1 is 1.33 bits per heavy atom. The summed E-state index contributed by atoms with van der Waals surface area (Å²) in [6, 6.07) is 7.37. The van der Waals surface area contributed by atoms with Gasteiger partial charge in [0.2, 0.25) is 0 Å². The van der Waals surface area contributed by atoms with Crippen LogP contribution in [-0.4, -0.2) is 24.1 Å². The number of benzene rings is 1. The summed E-state index contributed by atoms with van der Waals surface area (Å²) >= 11 is 5.92. The highest BCUT2D eigenvalue weighted by Crippen LogP contribution is 2.26. The maximum absolute atomic E-state index is 11.4. The molecule has 0 aliphatic carbocycles. The monoisotopic (exact) mass is 265 g/mol. The van der Waals surface area contributed by atoms with Crippen molar-refractivity contribution >= 4 is 23.1 Å². The molecule has 0 unspecified atom stereocenters. The molecule has 0 bridgehead atoms. The number of nitrogens with zero attached hydrogens (tertiary/aromatic N) is 2. The van der Waals surface area contributed by atoms with Gasteiger partial charge in [0.1, 0.15) is 10.8 Å². The predicted molar refractivity (Wildman–Crippen MR) is 70.9 cm³/mol. The van der Waals surface area contributed by atoms with Crippen molar-refractivity contribution < 1.29 is 4.74 Å². The molecule has 0 atom stereocenters. The third-order valence-electron chi connectivity index (χ3n) is 2.56. The minimum absolute atomic E-state index is 0.0656. The van der Waals surface area contributed by atoms with E-state index < -0.39 is 0 Å². The molecule has 2 rings (SSSR count). The molecule has 0 radical (unpaired) electrons. The average Bonchev–Trinajstić information content (AvgIpc) is 2.41. The number of aromatic nitrogens is 2. The van der Waals surface area contributed by atoms with Gasteiger partial charge in [0.15, 0.2) is 5.82 Å². The van der Waals surface area contributed by atoms with E-state index in [9.17, 15) is 4.79 Å². The molecule has 1 N–H and O–H groups in total. The van der Waals surface area contributed by atoms with E-state index in [0.29, 0.717) is 5.82 Å². The third-order valence-corrected chi connectivity index (χ3v) is 2.90. The van der Waals surface area contributed by atoms with Gasteiger partial charge in [-0.15, -0.1) is 0 Å². The van der Waals surface area contributed by atoms with Crippen molar-refractivity contribution in [3.63, 3.8) is 0 Å². The van der Waals surface area contributed by atoms with Crippen molar-refractivity contribution in [2.24, 2.45) is 0 Å². The van der Waals surface area contributed by atoms with Gasteiger partial charge < -0.3 is 14.6 Å². The van der Waals surface area contributed by atoms with Gasteiger partial charge in [0.05, 0.1) is 13.4 Å². The molecule has 0 saturated heterocycles. The molecule has 94 valence electrons. The van der Waals surface area contributed by atoms with Crippen LogP contribution in [0.3, 0.4) is 0 Å². The van der Waals surface area contributed by atoms with Crippen molar-refractivity contribution in [1.29, 1.82) is 0 Å². The third kappa shape index (κ3) is 2.31. The van der Waals surface area contributed by atoms with Gasteiger partial charge in [0, 0.05) is 12.7 Å². The fourth-order valence-electron chi connectivity index (χ4n) is 1.54. The lowest BCUT2D eigenvalue weighted by Crippen LogP contribution is -2.17. The van der Waals surface area contributed by atoms with E-state index in [4.69, 9.17) is 16.3 Å². The number of nitrogens with one attached hydrogen (secondary N) is 1. The van der Waals surface area contributed by atoms with Crippen molar-refractivity contribution in [2.75, 3.05) is 19.1 Å². The van der Waals surface area contributed by atoms with Crippen LogP contribution in [0.25, 0.3) is 0 Å². The van der Waals surface area contributed by atoms with E-state index in [2.05, 4.69) is 9.97 Å². The van der Waals surface area contributed by atoms with Crippen LogP contribution in [0.4, 0.5) is 11.5 Å². The zero-order chi connectivity index (χ0) is 13.1. The Labute approximate surface area is 109 Å². The topological polar surface area (TPSA) is 58.2 Å². The second kappa shape index (κ2) is 5.10. The van der Waals surface area contributed by atoms with Crippen molar-refractivity contribution in [1.82, 2.24) is 9.97 Å². The van der Waals surface area contributed by atoms with Crippen LogP contribution in [0.5, 0.6) is 5.75 Å². The molecular formula is C12H12ClN3O2. The fourth-order valence-corrected chi connectivity index (χ4v) is 1.77. The SMILES string of the molecule is COc1ccc(N(C)c2nc[nH]c(=O)c2Cl)cc1. The van der Waals surface area contributed by atoms with Crippen molar-refractivity contribution in [3.8, 4) is 5.75 Å². The lowest BCUT2D eigenvalue weighted by atomic mass is 10.3. The van der Waals surface area contributed by atoms with Gasteiger partial charge in [-0.05, 0) is 24.3 Å². The fraction of sp³-hybridized carbons (Fsp3) is 0.167. The predicted octanol–water partition coefficient (Wildman–Crippen LogP) is 2.20. The van der Waals surface area contributed by atoms with Crippen molar-refractivity contribution in [2.45, 2.75) is 0 Å². The number of halogens is 1. The molecule has 0 fully saturated rings. The normalized spacial score (nSPS) is 10.2. The van der Waals surface area contributed by atoms with Crippen LogP contribution in [0.2, 0.25) is 5.02 Å². The summed E-state index contributed by atoms with van der Waals surface area (Å²) in [4.78, 5) is 19.6. The summed E-state index contributed by atoms with van der Waals surface area (Å²) in [5.41, 5.74) is 0.498. The summed E-state index contributed by atoms with van der Waals surface area (Å²) in [6.45, 7) is 0. The number of anilines is 2. The summed E-state index contributed by atoms with van der Waals surface area (Å²) in [6.07, 6.45) is 1.32. The maximum Gasteiger partial charge on any atom is 0.271 e. The average molecular weight is 266 g/mol. The van der Waals surface area contributed by atoms with E-state index in [0.717, 1.165) is 11.4 Å². The Morgan fingerprint density at radius 2 is 2.00 bits per heavy atom. The van der Waals surface area contributed by atoms with Gasteiger partial charge in [-0.1, -0.05) is 11.6 Å². The zero-order valence-corrected chi connectivity index (χ0v) is 10.7. The van der Waals surface area contributed by atoms with Crippen molar-refractivity contribution in [3.05, 3.63) is 46.0 Å². The first-order valence-corrected chi connectivity index (χ1v) is 5.62. The molecule has 5 nitrogen and oxygen atoms in total. The first-order valence-electron chi connectivity index (χ1n) is 5.24. The number of H-pyrrole nitrogens is 1. The number of methoxy groups -OCH3 is 1. The highest BCUT2D eigenvalue weighted by Gasteiger charge is 2.12. The minimum atomic E-state index is -0.359. The first-order chi connectivity index (χ1) is 8.63. The lowest BCUT2D eigenvalue weighted by molar-refractivity contribution is 0.415. The second-order valence-electron chi connectivity index (χ2n) is 3.63. The smallest absolute Gasteiger partial charge is 0.271 e. The Bertz CT molecular complexity index is 595. The van der Waals surface area contributed by atoms with Gasteiger partial charge in [-0.25, -0.2) is 4.98 Å². The van der Waals surface area contributed by atoms with E-state index in [-0.39, 0.29) is 10.6 Å². The number of hydrogen-bond acceptors (Lipinski definition) is 4. The molecular weight excluding hydrogens is 254 g/mol. The molecule has 1 heterocycles. The number of rotatable bonds is 3. The molecule has 1 aromatic heterocycles. The summed E-state index contributed by atoms with van der Waals surface area (Å²) in [7, 11) is 3.39. The van der Waals surface area contributed by atoms with Crippen LogP contribution in [0.15, 0.2) is 35.4 Å². The van der Waals surface area contributed by atoms with E-state index in [1.165, 1.54) is 6.33 Å². The minimum Gasteiger partial charge on any atom is -0.497 e. The van der Waals surface area contributed by atoms with Gasteiger partial charge in [0.25, 0.3) is 5.56 Å². The summed E-state index contributed by atoms with van der Waals surface area (Å²) < 4.78 is 5.08. The van der Waals surface area contributed by atoms with E-state index >= 15 is 0 Å². The molecule has 2 aromatic rings. The summed E-state index contributed by atoms with van der Waals surface area (Å²) in [5, 5.41) is 0.0656. The lowest BCUT2D eigenvalue weighted by Gasteiger charge is -2.18. The Balaban J connectivity index is 2.38. The Hall–Kier alpha value is -2.01. The quantitative estimate of drug-likeness (QED) is 0.924. The van der Waals surface area contributed by atoms with Crippen LogP contribution in [-0.2, 0) is 0 Å². The highest BCUT2D eigenvalue weighted by atomic mass is 35.5. The zero-order valence-electron chi connectivity index (χ0n) is 9.98. The Kier molecular flexibility index (Phi) is 3.53. The Morgan fingerprint density at radius 3 is 2.61 bits per heavy atom. The molecule has 0 aliphatic rings. The molecule has 0 spiro atoms. The molecule has 0 aliphatic heterocycles. The van der Waals surface area contributed by atoms with Crippen LogP contribution in [0.1, 0.15) is 0 Å². The van der Waals surface area contributed by atoms with Crippen LogP contribution in [0, 0.1) is 0 Å². The molecule has 18 heavy (non-hydrogen) atoms. The highest BCUT2D eigenvalue weighted by molar-refractivity contribution is 6.32. The standard InChI is InChI=1S/C12H12ClN3O2/c1-16(8-3-5-9(18-2)6-4-8)11-10(13)12(17)15-7-14-11/h3-7H,1-2H3,(H,14,15,17). The van der Waals surface area contributed by atoms with Gasteiger partial charge in [-0.2, -0.15) is 0 Å². The molecule has 0 amide bonds. The second-order valence-corrected chi connectivity index (χ2v) is 4.00. The van der Waals surface area contributed by atoms with Gasteiger partial charge in [-0.3, -0.25) is 4.79 Å². The number of ether oxygens (including phenoxy) is 1. The molecule has 6 heteroatoms. The van der Waals surface area contributed by atoms with Crippen LogP contribution >= 0.6 is 11.6 Å². The van der Waals surface area contributed by atoms with Gasteiger partial charge >= 0.3 is 0 Å². The number of aromatic amines is 1. The first kappa shape index (κ1) is 12.4. The molecule has 0 saturated carbocycles. The maximum atomic E-state index is 11.4. The molecule has 1 aromatic carbocycles. The summed E-state index contributed by atoms with van der Waals surface area (Å²) in [5.74, 6) is 1.17. The number of hydrogen-bond donors (Lipinski definition) is 1.